The smallest absolute Gasteiger partial charge is 0.232 e. The summed E-state index contributed by atoms with van der Waals surface area (Å²) in [5.74, 6) is 1.25. The molecule has 5 nitrogen and oxygen atoms in total. The van der Waals surface area contributed by atoms with Gasteiger partial charge < -0.3 is 14.3 Å². The third kappa shape index (κ3) is 3.68. The highest BCUT2D eigenvalue weighted by atomic mass is 79.9. The van der Waals surface area contributed by atoms with E-state index in [1.165, 1.54) is 6.42 Å². The number of aromatic hydroxyl groups is 1. The number of aryl methyl sites for hydroxylation is 1. The second kappa shape index (κ2) is 7.84. The van der Waals surface area contributed by atoms with Gasteiger partial charge in [-0.25, -0.2) is 0 Å². The first-order valence-corrected chi connectivity index (χ1v) is 11.4. The van der Waals surface area contributed by atoms with Gasteiger partial charge in [-0.3, -0.25) is 9.69 Å². The van der Waals surface area contributed by atoms with Crippen LogP contribution in [0.1, 0.15) is 53.4 Å². The van der Waals surface area contributed by atoms with E-state index in [4.69, 9.17) is 9.15 Å². The number of hydrogen-bond acceptors (Lipinski definition) is 5. The predicted molar refractivity (Wildman–Crippen MR) is 123 cm³/mol. The Labute approximate surface area is 189 Å². The van der Waals surface area contributed by atoms with Crippen molar-refractivity contribution >= 4 is 38.8 Å². The first-order chi connectivity index (χ1) is 14.9. The monoisotopic (exact) mass is 481 g/mol. The van der Waals surface area contributed by atoms with Crippen LogP contribution in [0, 0.1) is 6.92 Å². The summed E-state index contributed by atoms with van der Waals surface area (Å²) in [6, 6.07) is 9.75. The zero-order valence-corrected chi connectivity index (χ0v) is 19.2. The number of hydrogen-bond donors (Lipinski definition) is 1. The fraction of sp³-hybridized carbons (Fsp3) is 0.320. The van der Waals surface area contributed by atoms with Gasteiger partial charge in [0.15, 0.2) is 5.76 Å². The molecule has 1 atom stereocenters. The molecule has 0 saturated carbocycles. The van der Waals surface area contributed by atoms with Gasteiger partial charge >= 0.3 is 0 Å². The van der Waals surface area contributed by atoms with Gasteiger partial charge in [0.1, 0.15) is 22.8 Å². The first kappa shape index (κ1) is 20.3. The van der Waals surface area contributed by atoms with Crippen LogP contribution in [0.2, 0.25) is 0 Å². The van der Waals surface area contributed by atoms with Gasteiger partial charge in [0.05, 0.1) is 11.1 Å². The lowest BCUT2D eigenvalue weighted by Crippen LogP contribution is -2.36. The van der Waals surface area contributed by atoms with Crippen LogP contribution in [0.15, 0.2) is 45.0 Å². The number of carbonyl (C=O) groups excluding carboxylic acids is 1. The number of likely N-dealkylation sites (tertiary alicyclic amines) is 1. The Morgan fingerprint density at radius 3 is 2.90 bits per heavy atom. The van der Waals surface area contributed by atoms with Crippen LogP contribution in [0.4, 0.5) is 0 Å². The second-order valence-electron chi connectivity index (χ2n) is 8.48. The van der Waals surface area contributed by atoms with Crippen LogP contribution >= 0.6 is 15.9 Å². The molecular formula is C25H24BrNO4. The second-order valence-corrected chi connectivity index (χ2v) is 9.40. The minimum atomic E-state index is -0.179. The highest BCUT2D eigenvalue weighted by Crippen LogP contribution is 2.43. The molecule has 1 N–H and O–H groups in total. The number of Topliss-reactive ketones (excluding diaryl/α,β-unsaturated/α-hetero) is 1. The van der Waals surface area contributed by atoms with E-state index in [1.807, 2.05) is 31.2 Å². The SMILES string of the molecule is Cc1cc(O)c(CN2CCCC[C@@H]2C)c2c1C(=O)/C(=C/c1cc3cc(Br)ccc3o1)O2. The standard InChI is InChI=1S/C25H24BrNO4/c1-14-9-20(28)19(13-27-8-4-3-5-15(27)2)25-23(14)24(29)22(31-25)12-18-11-16-10-17(26)6-7-21(16)30-18/h6-7,9-12,15,28H,3-5,8,13H2,1-2H3/b22-12-/t15-/m0/s1. The van der Waals surface area contributed by atoms with Crippen molar-refractivity contribution in [2.75, 3.05) is 6.54 Å². The molecule has 160 valence electrons. The fourth-order valence-corrected chi connectivity index (χ4v) is 4.94. The van der Waals surface area contributed by atoms with E-state index in [-0.39, 0.29) is 17.3 Å². The molecule has 0 spiro atoms. The maximum absolute atomic E-state index is 13.2. The van der Waals surface area contributed by atoms with Crippen LogP contribution in [-0.2, 0) is 6.54 Å². The average Bonchev–Trinajstić information content (AvgIpc) is 3.27. The van der Waals surface area contributed by atoms with Gasteiger partial charge in [0.2, 0.25) is 5.78 Å². The Morgan fingerprint density at radius 2 is 2.10 bits per heavy atom. The summed E-state index contributed by atoms with van der Waals surface area (Å²) >= 11 is 3.46. The largest absolute Gasteiger partial charge is 0.507 e. The number of phenolic OH excluding ortho intramolecular Hbond substituents is 1. The van der Waals surface area contributed by atoms with Gasteiger partial charge in [-0.15, -0.1) is 0 Å². The van der Waals surface area contributed by atoms with Crippen molar-refractivity contribution in [3.05, 3.63) is 63.0 Å². The molecule has 3 heterocycles. The Kier molecular flexibility index (Phi) is 5.15. The summed E-state index contributed by atoms with van der Waals surface area (Å²) in [5, 5.41) is 11.6. The van der Waals surface area contributed by atoms with E-state index in [1.54, 1.807) is 12.1 Å². The Bertz CT molecular complexity index is 1230. The molecule has 31 heavy (non-hydrogen) atoms. The number of fused-ring (bicyclic) bond motifs is 2. The van der Waals surface area contributed by atoms with Gasteiger partial charge in [0, 0.05) is 28.5 Å². The molecular weight excluding hydrogens is 458 g/mol. The Hall–Kier alpha value is -2.57. The topological polar surface area (TPSA) is 62.9 Å². The lowest BCUT2D eigenvalue weighted by molar-refractivity contribution is 0.101. The van der Waals surface area contributed by atoms with Crippen LogP contribution < -0.4 is 4.74 Å². The molecule has 6 heteroatoms. The van der Waals surface area contributed by atoms with E-state index in [0.717, 1.165) is 34.8 Å². The summed E-state index contributed by atoms with van der Waals surface area (Å²) in [5.41, 5.74) is 2.67. The number of furan rings is 1. The number of rotatable bonds is 3. The summed E-state index contributed by atoms with van der Waals surface area (Å²) in [4.78, 5) is 15.5. The number of carbonyl (C=O) groups is 1. The number of benzene rings is 2. The van der Waals surface area contributed by atoms with E-state index in [0.29, 0.717) is 40.8 Å². The zero-order chi connectivity index (χ0) is 21.7. The summed E-state index contributed by atoms with van der Waals surface area (Å²) in [6.07, 6.45) is 5.15. The predicted octanol–water partition coefficient (Wildman–Crippen LogP) is 6.20. The molecule has 0 aliphatic carbocycles. The van der Waals surface area contributed by atoms with Crippen LogP contribution in [0.5, 0.6) is 11.5 Å². The molecule has 0 radical (unpaired) electrons. The van der Waals surface area contributed by atoms with Gasteiger partial charge in [-0.2, -0.15) is 0 Å². The lowest BCUT2D eigenvalue weighted by atomic mass is 9.97. The first-order valence-electron chi connectivity index (χ1n) is 10.6. The summed E-state index contributed by atoms with van der Waals surface area (Å²) in [6.45, 7) is 5.58. The Balaban J connectivity index is 1.51. The maximum atomic E-state index is 13.2. The number of ketones is 1. The minimum Gasteiger partial charge on any atom is -0.507 e. The average molecular weight is 482 g/mol. The molecule has 0 unspecified atom stereocenters. The van der Waals surface area contributed by atoms with E-state index < -0.39 is 0 Å². The molecule has 1 saturated heterocycles. The molecule has 0 amide bonds. The number of allylic oxidation sites excluding steroid dienone is 1. The highest BCUT2D eigenvalue weighted by Gasteiger charge is 2.34. The van der Waals surface area contributed by atoms with Crippen LogP contribution in [0.25, 0.3) is 17.0 Å². The third-order valence-electron chi connectivity index (χ3n) is 6.29. The minimum absolute atomic E-state index is 0.177. The number of halogens is 1. The number of phenols is 1. The molecule has 2 aliphatic rings. The molecule has 0 bridgehead atoms. The molecule has 5 rings (SSSR count). The van der Waals surface area contributed by atoms with Crippen molar-refractivity contribution in [3.63, 3.8) is 0 Å². The van der Waals surface area contributed by atoms with Crippen LogP contribution in [0.3, 0.4) is 0 Å². The fourth-order valence-electron chi connectivity index (χ4n) is 4.56. The molecule has 1 aromatic heterocycles. The highest BCUT2D eigenvalue weighted by molar-refractivity contribution is 9.10. The molecule has 3 aromatic rings. The van der Waals surface area contributed by atoms with Gasteiger partial charge in [-0.05, 0) is 69.1 Å². The zero-order valence-electron chi connectivity index (χ0n) is 17.6. The van der Waals surface area contributed by atoms with Crippen molar-refractivity contribution in [2.45, 2.75) is 45.7 Å². The third-order valence-corrected chi connectivity index (χ3v) is 6.79. The van der Waals surface area contributed by atoms with Crippen molar-refractivity contribution in [1.29, 1.82) is 0 Å². The van der Waals surface area contributed by atoms with Crippen molar-refractivity contribution in [3.8, 4) is 11.5 Å². The normalized spacial score (nSPS) is 20.4. The number of nitrogens with zero attached hydrogens (tertiary/aromatic N) is 1. The van der Waals surface area contributed by atoms with Crippen molar-refractivity contribution < 1.29 is 19.1 Å². The lowest BCUT2D eigenvalue weighted by Gasteiger charge is -2.33. The van der Waals surface area contributed by atoms with Gasteiger partial charge in [-0.1, -0.05) is 22.4 Å². The summed E-state index contributed by atoms with van der Waals surface area (Å²) < 4.78 is 12.9. The van der Waals surface area contributed by atoms with Gasteiger partial charge in [0.25, 0.3) is 0 Å². The van der Waals surface area contributed by atoms with Crippen LogP contribution in [-0.4, -0.2) is 28.4 Å². The maximum Gasteiger partial charge on any atom is 0.232 e. The quantitative estimate of drug-likeness (QED) is 0.451. The Morgan fingerprint density at radius 1 is 1.26 bits per heavy atom. The van der Waals surface area contributed by atoms with Crippen molar-refractivity contribution in [1.82, 2.24) is 4.90 Å². The number of piperidine rings is 1. The van der Waals surface area contributed by atoms with E-state index >= 15 is 0 Å². The number of ether oxygens (including phenoxy) is 1. The van der Waals surface area contributed by atoms with E-state index in [2.05, 4.69) is 27.8 Å². The summed E-state index contributed by atoms with van der Waals surface area (Å²) in [7, 11) is 0. The molecule has 1 fully saturated rings. The van der Waals surface area contributed by atoms with E-state index in [9.17, 15) is 9.90 Å². The molecule has 2 aliphatic heterocycles. The van der Waals surface area contributed by atoms with Crippen molar-refractivity contribution in [2.24, 2.45) is 0 Å². The molecule has 2 aromatic carbocycles.